The maximum absolute atomic E-state index is 12.3. The van der Waals surface area contributed by atoms with Crippen molar-refractivity contribution in [1.82, 2.24) is 5.32 Å². The van der Waals surface area contributed by atoms with Gasteiger partial charge in [-0.15, -0.1) is 0 Å². The van der Waals surface area contributed by atoms with Crippen molar-refractivity contribution < 1.29 is 9.90 Å². The molecule has 0 saturated heterocycles. The van der Waals surface area contributed by atoms with E-state index in [1.54, 1.807) is 6.07 Å². The highest BCUT2D eigenvalue weighted by molar-refractivity contribution is 5.96. The van der Waals surface area contributed by atoms with Crippen LogP contribution in [0.4, 0.5) is 0 Å². The zero-order valence-corrected chi connectivity index (χ0v) is 12.8. The minimum Gasteiger partial charge on any atom is -0.384 e. The number of benzene rings is 1. The highest BCUT2D eigenvalue weighted by Gasteiger charge is 2.23. The van der Waals surface area contributed by atoms with Crippen LogP contribution in [0.5, 0.6) is 0 Å². The molecule has 1 amide bonds. The van der Waals surface area contributed by atoms with E-state index >= 15 is 0 Å². The molecule has 1 fully saturated rings. The SMILES string of the molecule is Cc1ccc(C#CCO)cc1C(=O)NCC1CCCC1C. The molecule has 0 radical (unpaired) electrons. The second-order valence-corrected chi connectivity index (χ2v) is 5.87. The molecule has 0 bridgehead atoms. The predicted molar refractivity (Wildman–Crippen MR) is 84.0 cm³/mol. The van der Waals surface area contributed by atoms with Crippen molar-refractivity contribution in [2.45, 2.75) is 33.1 Å². The molecule has 1 aliphatic rings. The van der Waals surface area contributed by atoms with Crippen molar-refractivity contribution in [2.24, 2.45) is 11.8 Å². The van der Waals surface area contributed by atoms with Gasteiger partial charge in [0.2, 0.25) is 0 Å². The fourth-order valence-corrected chi connectivity index (χ4v) is 2.93. The minimum absolute atomic E-state index is 0.0285. The van der Waals surface area contributed by atoms with Gasteiger partial charge in [0, 0.05) is 17.7 Å². The summed E-state index contributed by atoms with van der Waals surface area (Å²) in [5, 5.41) is 11.8. The first-order valence-electron chi connectivity index (χ1n) is 7.60. The summed E-state index contributed by atoms with van der Waals surface area (Å²) in [5.74, 6) is 6.72. The number of aliphatic hydroxyl groups is 1. The number of rotatable bonds is 3. The van der Waals surface area contributed by atoms with Crippen LogP contribution in [0.2, 0.25) is 0 Å². The average molecular weight is 285 g/mol. The van der Waals surface area contributed by atoms with Crippen LogP contribution in [0, 0.1) is 30.6 Å². The van der Waals surface area contributed by atoms with Gasteiger partial charge < -0.3 is 10.4 Å². The number of hydrogen-bond donors (Lipinski definition) is 2. The Morgan fingerprint density at radius 2 is 2.24 bits per heavy atom. The van der Waals surface area contributed by atoms with Crippen molar-refractivity contribution in [3.63, 3.8) is 0 Å². The van der Waals surface area contributed by atoms with Gasteiger partial charge in [-0.05, 0) is 42.9 Å². The molecule has 1 aromatic carbocycles. The molecule has 2 N–H and O–H groups in total. The lowest BCUT2D eigenvalue weighted by atomic mass is 9.98. The Morgan fingerprint density at radius 1 is 1.43 bits per heavy atom. The van der Waals surface area contributed by atoms with Gasteiger partial charge in [-0.1, -0.05) is 37.7 Å². The molecule has 2 unspecified atom stereocenters. The van der Waals surface area contributed by atoms with Gasteiger partial charge in [0.25, 0.3) is 5.91 Å². The van der Waals surface area contributed by atoms with Gasteiger partial charge in [-0.3, -0.25) is 4.79 Å². The Balaban J connectivity index is 2.04. The van der Waals surface area contributed by atoms with Crippen LogP contribution in [0.1, 0.15) is 47.7 Å². The normalized spacial score (nSPS) is 20.7. The first-order valence-corrected chi connectivity index (χ1v) is 7.60. The number of hydrogen-bond acceptors (Lipinski definition) is 2. The standard InChI is InChI=1S/C18H23NO2/c1-13-5-3-7-16(13)12-19-18(21)17-11-15(6-4-10-20)9-8-14(17)2/h8-9,11,13,16,20H,3,5,7,10,12H2,1-2H3,(H,19,21). The van der Waals surface area contributed by atoms with Gasteiger partial charge in [-0.25, -0.2) is 0 Å². The van der Waals surface area contributed by atoms with Crippen molar-refractivity contribution in [3.05, 3.63) is 34.9 Å². The van der Waals surface area contributed by atoms with E-state index in [4.69, 9.17) is 5.11 Å². The molecule has 2 rings (SSSR count). The monoisotopic (exact) mass is 285 g/mol. The van der Waals surface area contributed by atoms with Gasteiger partial charge in [-0.2, -0.15) is 0 Å². The zero-order chi connectivity index (χ0) is 15.2. The van der Waals surface area contributed by atoms with Crippen LogP contribution in [0.3, 0.4) is 0 Å². The predicted octanol–water partition coefficient (Wildman–Crippen LogP) is 2.50. The lowest BCUT2D eigenvalue weighted by Crippen LogP contribution is -2.30. The molecule has 1 aliphatic carbocycles. The van der Waals surface area contributed by atoms with E-state index in [9.17, 15) is 4.79 Å². The molecular weight excluding hydrogens is 262 g/mol. The van der Waals surface area contributed by atoms with Crippen molar-refractivity contribution in [3.8, 4) is 11.8 Å². The van der Waals surface area contributed by atoms with Crippen LogP contribution in [-0.2, 0) is 0 Å². The van der Waals surface area contributed by atoms with E-state index in [-0.39, 0.29) is 12.5 Å². The maximum atomic E-state index is 12.3. The topological polar surface area (TPSA) is 49.3 Å². The summed E-state index contributed by atoms with van der Waals surface area (Å²) in [6.45, 7) is 4.78. The van der Waals surface area contributed by atoms with Crippen LogP contribution in [0.15, 0.2) is 18.2 Å². The molecule has 0 aliphatic heterocycles. The Kier molecular flexibility index (Phi) is 5.41. The third-order valence-corrected chi connectivity index (χ3v) is 4.36. The van der Waals surface area contributed by atoms with Crippen LogP contribution >= 0.6 is 0 Å². The molecule has 21 heavy (non-hydrogen) atoms. The molecule has 2 atom stereocenters. The van der Waals surface area contributed by atoms with E-state index < -0.39 is 0 Å². The first-order chi connectivity index (χ1) is 10.1. The maximum Gasteiger partial charge on any atom is 0.251 e. The van der Waals surface area contributed by atoms with Gasteiger partial charge >= 0.3 is 0 Å². The molecule has 1 saturated carbocycles. The summed E-state index contributed by atoms with van der Waals surface area (Å²) >= 11 is 0. The van der Waals surface area contributed by atoms with E-state index in [0.29, 0.717) is 17.4 Å². The fourth-order valence-electron chi connectivity index (χ4n) is 2.93. The number of nitrogens with one attached hydrogen (secondary N) is 1. The van der Waals surface area contributed by atoms with Crippen LogP contribution in [-0.4, -0.2) is 24.2 Å². The van der Waals surface area contributed by atoms with Gasteiger partial charge in [0.1, 0.15) is 6.61 Å². The van der Waals surface area contributed by atoms with Gasteiger partial charge in [0.05, 0.1) is 0 Å². The highest BCUT2D eigenvalue weighted by Crippen LogP contribution is 2.30. The Morgan fingerprint density at radius 3 is 2.90 bits per heavy atom. The molecular formula is C18H23NO2. The summed E-state index contributed by atoms with van der Waals surface area (Å²) in [4.78, 5) is 12.3. The number of aryl methyl sites for hydroxylation is 1. The highest BCUT2D eigenvalue weighted by atomic mass is 16.2. The summed E-state index contributed by atoms with van der Waals surface area (Å²) < 4.78 is 0. The van der Waals surface area contributed by atoms with Gasteiger partial charge in [0.15, 0.2) is 0 Å². The number of amides is 1. The Bertz CT molecular complexity index is 568. The molecule has 3 nitrogen and oxygen atoms in total. The third-order valence-electron chi connectivity index (χ3n) is 4.36. The average Bonchev–Trinajstić information content (AvgIpc) is 2.89. The number of carbonyl (C=O) groups is 1. The molecule has 3 heteroatoms. The molecule has 1 aromatic rings. The van der Waals surface area contributed by atoms with Crippen molar-refractivity contribution in [1.29, 1.82) is 0 Å². The number of aliphatic hydroxyl groups excluding tert-OH is 1. The third kappa shape index (κ3) is 4.09. The van der Waals surface area contributed by atoms with Crippen molar-refractivity contribution >= 4 is 5.91 Å². The summed E-state index contributed by atoms with van der Waals surface area (Å²) in [7, 11) is 0. The molecule has 112 valence electrons. The van der Waals surface area contributed by atoms with E-state index in [2.05, 4.69) is 24.1 Å². The number of carbonyl (C=O) groups excluding carboxylic acids is 1. The summed E-state index contributed by atoms with van der Waals surface area (Å²) in [5.41, 5.74) is 2.38. The summed E-state index contributed by atoms with van der Waals surface area (Å²) in [6.07, 6.45) is 3.75. The molecule has 0 heterocycles. The second-order valence-electron chi connectivity index (χ2n) is 5.87. The van der Waals surface area contributed by atoms with Crippen LogP contribution < -0.4 is 5.32 Å². The van der Waals surface area contributed by atoms with E-state index in [1.165, 1.54) is 19.3 Å². The first kappa shape index (κ1) is 15.6. The lowest BCUT2D eigenvalue weighted by molar-refractivity contribution is 0.0944. The summed E-state index contributed by atoms with van der Waals surface area (Å²) in [6, 6.07) is 5.56. The van der Waals surface area contributed by atoms with E-state index in [1.807, 2.05) is 19.1 Å². The minimum atomic E-state index is -0.172. The molecule has 0 spiro atoms. The Labute approximate surface area is 126 Å². The van der Waals surface area contributed by atoms with E-state index in [0.717, 1.165) is 17.7 Å². The largest absolute Gasteiger partial charge is 0.384 e. The second kappa shape index (κ2) is 7.28. The lowest BCUT2D eigenvalue weighted by Gasteiger charge is -2.16. The fraction of sp³-hybridized carbons (Fsp3) is 0.500. The molecule has 0 aromatic heterocycles. The van der Waals surface area contributed by atoms with Crippen LogP contribution in [0.25, 0.3) is 0 Å². The quantitative estimate of drug-likeness (QED) is 0.838. The van der Waals surface area contributed by atoms with Crippen molar-refractivity contribution in [2.75, 3.05) is 13.2 Å². The Hall–Kier alpha value is -1.79. The zero-order valence-electron chi connectivity index (χ0n) is 12.8. The smallest absolute Gasteiger partial charge is 0.251 e.